The van der Waals surface area contributed by atoms with E-state index in [0.29, 0.717) is 5.56 Å². The normalized spacial score (nSPS) is 10.2. The predicted octanol–water partition coefficient (Wildman–Crippen LogP) is 4.16. The summed E-state index contributed by atoms with van der Waals surface area (Å²) >= 11 is 9.07. The molecule has 88 valence electrons. The van der Waals surface area contributed by atoms with Crippen LogP contribution in [0.4, 0.5) is 0 Å². The van der Waals surface area contributed by atoms with Gasteiger partial charge in [-0.2, -0.15) is 0 Å². The summed E-state index contributed by atoms with van der Waals surface area (Å²) in [5.41, 5.74) is 0.670. The van der Waals surface area contributed by atoms with Crippen molar-refractivity contribution < 1.29 is 4.79 Å². The maximum absolute atomic E-state index is 11.8. The number of hydrogen-bond donors (Lipinski definition) is 1. The lowest BCUT2D eigenvalue weighted by Gasteiger charge is -2.06. The van der Waals surface area contributed by atoms with Crippen molar-refractivity contribution in [3.05, 3.63) is 32.7 Å². The second kappa shape index (κ2) is 7.66. The molecule has 0 saturated heterocycles. The topological polar surface area (TPSA) is 29.1 Å². The van der Waals surface area contributed by atoms with E-state index in [9.17, 15) is 4.79 Å². The molecule has 0 unspecified atom stereocenters. The number of hydrogen-bond acceptors (Lipinski definition) is 1. The fraction of sp³-hybridized carbons (Fsp3) is 0.364. The van der Waals surface area contributed by atoms with E-state index in [1.165, 1.54) is 0 Å². The first kappa shape index (κ1) is 14.4. The highest BCUT2D eigenvalue weighted by Gasteiger charge is 2.09. The minimum absolute atomic E-state index is 0.0263. The molecule has 2 nitrogen and oxygen atoms in total. The van der Waals surface area contributed by atoms with Gasteiger partial charge in [-0.25, -0.2) is 0 Å². The van der Waals surface area contributed by atoms with Crippen LogP contribution in [0.2, 0.25) is 0 Å². The Morgan fingerprint density at radius 3 is 2.75 bits per heavy atom. The summed E-state index contributed by atoms with van der Waals surface area (Å²) < 4.78 is 2.86. The van der Waals surface area contributed by atoms with Gasteiger partial charge in [0.15, 0.2) is 0 Å². The monoisotopic (exact) mass is 459 g/mol. The number of alkyl halides is 1. The molecule has 0 heterocycles. The first-order valence-electron chi connectivity index (χ1n) is 4.94. The van der Waals surface area contributed by atoms with Crippen molar-refractivity contribution in [3.8, 4) is 0 Å². The average molecular weight is 461 g/mol. The second-order valence-corrected chi connectivity index (χ2v) is 6.12. The van der Waals surface area contributed by atoms with Gasteiger partial charge in [-0.15, -0.1) is 0 Å². The van der Waals surface area contributed by atoms with Crippen molar-refractivity contribution >= 4 is 60.4 Å². The Kier molecular flexibility index (Phi) is 6.91. The molecule has 0 aliphatic heterocycles. The molecule has 0 bridgehead atoms. The Morgan fingerprint density at radius 1 is 1.31 bits per heavy atom. The molecule has 0 aliphatic rings. The molecule has 16 heavy (non-hydrogen) atoms. The second-order valence-electron chi connectivity index (χ2n) is 3.28. The highest BCUT2D eigenvalue weighted by molar-refractivity contribution is 14.1. The van der Waals surface area contributed by atoms with Crippen molar-refractivity contribution in [2.75, 3.05) is 11.0 Å². The summed E-state index contributed by atoms with van der Waals surface area (Å²) in [5, 5.41) is 2.91. The molecule has 1 amide bonds. The molecule has 5 heteroatoms. The summed E-state index contributed by atoms with van der Waals surface area (Å²) in [6, 6.07) is 5.58. The van der Waals surface area contributed by atoms with Crippen LogP contribution in [0.25, 0.3) is 0 Å². The third-order valence-electron chi connectivity index (χ3n) is 2.02. The molecule has 0 aromatic heterocycles. The standard InChI is InChI=1S/C11H12Br2INO/c12-8-3-4-10(13)9(7-8)11(16)15-6-2-1-5-14/h3-4,7H,1-2,5-6H2,(H,15,16). The number of carbonyl (C=O) groups is 1. The minimum atomic E-state index is -0.0263. The summed E-state index contributed by atoms with van der Waals surface area (Å²) in [6.45, 7) is 0.737. The Morgan fingerprint density at radius 2 is 2.06 bits per heavy atom. The van der Waals surface area contributed by atoms with Crippen molar-refractivity contribution in [2.45, 2.75) is 12.8 Å². The van der Waals surface area contributed by atoms with Gasteiger partial charge in [0.2, 0.25) is 0 Å². The van der Waals surface area contributed by atoms with Gasteiger partial charge in [-0.3, -0.25) is 4.79 Å². The number of amides is 1. The van der Waals surface area contributed by atoms with Crippen LogP contribution >= 0.6 is 54.5 Å². The third-order valence-corrected chi connectivity index (χ3v) is 3.97. The zero-order chi connectivity index (χ0) is 12.0. The Bertz CT molecular complexity index is 371. The summed E-state index contributed by atoms with van der Waals surface area (Å²) in [5.74, 6) is -0.0263. The molecule has 0 fully saturated rings. The number of benzene rings is 1. The van der Waals surface area contributed by atoms with E-state index in [2.05, 4.69) is 59.8 Å². The number of carbonyl (C=O) groups excluding carboxylic acids is 1. The van der Waals surface area contributed by atoms with Crippen LogP contribution in [0.3, 0.4) is 0 Å². The van der Waals surface area contributed by atoms with Crippen LogP contribution in [0.1, 0.15) is 23.2 Å². The molecule has 0 spiro atoms. The quantitative estimate of drug-likeness (QED) is 0.399. The van der Waals surface area contributed by atoms with Crippen LogP contribution in [-0.4, -0.2) is 16.9 Å². The molecule has 0 aliphatic carbocycles. The molecular weight excluding hydrogens is 449 g/mol. The molecule has 0 radical (unpaired) electrons. The van der Waals surface area contributed by atoms with E-state index >= 15 is 0 Å². The molecule has 0 saturated carbocycles. The third kappa shape index (κ3) is 4.71. The number of unbranched alkanes of at least 4 members (excludes halogenated alkanes) is 1. The number of rotatable bonds is 5. The van der Waals surface area contributed by atoms with Crippen LogP contribution < -0.4 is 5.32 Å². The van der Waals surface area contributed by atoms with Crippen molar-refractivity contribution in [3.63, 3.8) is 0 Å². The first-order valence-corrected chi connectivity index (χ1v) is 8.05. The maximum atomic E-state index is 11.8. The van der Waals surface area contributed by atoms with E-state index in [0.717, 1.165) is 32.8 Å². The van der Waals surface area contributed by atoms with Gasteiger partial charge in [0.25, 0.3) is 5.91 Å². The highest BCUT2D eigenvalue weighted by Crippen LogP contribution is 2.21. The van der Waals surface area contributed by atoms with Gasteiger partial charge in [-0.05, 0) is 51.4 Å². The van der Waals surface area contributed by atoms with Gasteiger partial charge in [0.1, 0.15) is 0 Å². The Hall–Kier alpha value is 0.380. The van der Waals surface area contributed by atoms with Crippen molar-refractivity contribution in [2.24, 2.45) is 0 Å². The van der Waals surface area contributed by atoms with E-state index in [4.69, 9.17) is 0 Å². The first-order chi connectivity index (χ1) is 7.65. The summed E-state index contributed by atoms with van der Waals surface area (Å²) in [4.78, 5) is 11.8. The van der Waals surface area contributed by atoms with Gasteiger partial charge < -0.3 is 5.32 Å². The minimum Gasteiger partial charge on any atom is -0.352 e. The molecule has 1 N–H and O–H groups in total. The van der Waals surface area contributed by atoms with Gasteiger partial charge >= 0.3 is 0 Å². The smallest absolute Gasteiger partial charge is 0.252 e. The number of nitrogens with one attached hydrogen (secondary N) is 1. The van der Waals surface area contributed by atoms with Crippen LogP contribution in [0.5, 0.6) is 0 Å². The fourth-order valence-electron chi connectivity index (χ4n) is 1.19. The van der Waals surface area contributed by atoms with Crippen molar-refractivity contribution in [1.82, 2.24) is 5.32 Å². The van der Waals surface area contributed by atoms with E-state index in [-0.39, 0.29) is 5.91 Å². The fourth-order valence-corrected chi connectivity index (χ4v) is 2.52. The lowest BCUT2D eigenvalue weighted by molar-refractivity contribution is 0.0952. The van der Waals surface area contributed by atoms with Crippen LogP contribution in [-0.2, 0) is 0 Å². The lowest BCUT2D eigenvalue weighted by Crippen LogP contribution is -2.24. The molecular formula is C11H12Br2INO. The van der Waals surface area contributed by atoms with Gasteiger partial charge in [-0.1, -0.05) is 38.5 Å². The van der Waals surface area contributed by atoms with E-state index < -0.39 is 0 Å². The van der Waals surface area contributed by atoms with Crippen LogP contribution in [0.15, 0.2) is 27.1 Å². The Balaban J connectivity index is 2.55. The lowest BCUT2D eigenvalue weighted by atomic mass is 10.2. The summed E-state index contributed by atoms with van der Waals surface area (Å²) in [6.07, 6.45) is 2.17. The Labute approximate surface area is 126 Å². The highest BCUT2D eigenvalue weighted by atomic mass is 127. The zero-order valence-electron chi connectivity index (χ0n) is 8.60. The summed E-state index contributed by atoms with van der Waals surface area (Å²) in [7, 11) is 0. The molecule has 1 rings (SSSR count). The van der Waals surface area contributed by atoms with Gasteiger partial charge in [0, 0.05) is 15.5 Å². The largest absolute Gasteiger partial charge is 0.352 e. The molecule has 1 aromatic carbocycles. The van der Waals surface area contributed by atoms with E-state index in [1.54, 1.807) is 0 Å². The maximum Gasteiger partial charge on any atom is 0.252 e. The zero-order valence-corrected chi connectivity index (χ0v) is 13.9. The molecule has 0 atom stereocenters. The SMILES string of the molecule is O=C(NCCCCI)c1cc(Br)ccc1Br. The average Bonchev–Trinajstić information content (AvgIpc) is 2.27. The molecule has 1 aromatic rings. The predicted molar refractivity (Wildman–Crippen MR) is 82.3 cm³/mol. The van der Waals surface area contributed by atoms with Crippen molar-refractivity contribution in [1.29, 1.82) is 0 Å². The van der Waals surface area contributed by atoms with Gasteiger partial charge in [0.05, 0.1) is 5.56 Å². The number of halogens is 3. The van der Waals surface area contributed by atoms with Crippen LogP contribution in [0, 0.1) is 0 Å². The van der Waals surface area contributed by atoms with E-state index in [1.807, 2.05) is 18.2 Å².